The molecule has 22 heavy (non-hydrogen) atoms. The van der Waals surface area contributed by atoms with Crippen LogP contribution in [-0.4, -0.2) is 24.5 Å². The molecule has 2 aromatic rings. The summed E-state index contributed by atoms with van der Waals surface area (Å²) < 4.78 is 18.3. The van der Waals surface area contributed by atoms with E-state index in [1.54, 1.807) is 12.1 Å². The minimum absolute atomic E-state index is 0.180. The standard InChI is InChI=1S/C17H15FN2O2/c18-14-8-6-13(7-9-14)17-20-15(11-22-17)16(21)19-10-12-4-2-1-3-5-12/h1-9,15H,10-11H2,(H,19,21). The molecular weight excluding hydrogens is 283 g/mol. The van der Waals surface area contributed by atoms with Gasteiger partial charge in [0, 0.05) is 12.1 Å². The summed E-state index contributed by atoms with van der Waals surface area (Å²) in [5.74, 6) is -0.125. The number of hydrogen-bond donors (Lipinski definition) is 1. The topological polar surface area (TPSA) is 50.7 Å². The smallest absolute Gasteiger partial charge is 0.248 e. The lowest BCUT2D eigenvalue weighted by molar-refractivity contribution is -0.122. The number of nitrogens with one attached hydrogen (secondary N) is 1. The van der Waals surface area contributed by atoms with E-state index in [1.807, 2.05) is 30.3 Å². The molecule has 1 aliphatic rings. The van der Waals surface area contributed by atoms with E-state index in [9.17, 15) is 9.18 Å². The number of rotatable bonds is 4. The third-order valence-corrected chi connectivity index (χ3v) is 3.35. The van der Waals surface area contributed by atoms with Crippen molar-refractivity contribution in [2.24, 2.45) is 4.99 Å². The fourth-order valence-electron chi connectivity index (χ4n) is 2.16. The summed E-state index contributed by atoms with van der Waals surface area (Å²) in [5.41, 5.74) is 1.69. The Balaban J connectivity index is 1.61. The summed E-state index contributed by atoms with van der Waals surface area (Å²) >= 11 is 0. The first-order valence-corrected chi connectivity index (χ1v) is 7.00. The van der Waals surface area contributed by atoms with Crippen molar-refractivity contribution >= 4 is 11.8 Å². The van der Waals surface area contributed by atoms with Crippen molar-refractivity contribution in [2.75, 3.05) is 6.61 Å². The summed E-state index contributed by atoms with van der Waals surface area (Å²) in [6, 6.07) is 14.9. The van der Waals surface area contributed by atoms with Gasteiger partial charge in [0.15, 0.2) is 6.04 Å². The first-order valence-electron chi connectivity index (χ1n) is 7.00. The van der Waals surface area contributed by atoms with Gasteiger partial charge in [0.25, 0.3) is 0 Å². The molecule has 1 aliphatic heterocycles. The van der Waals surface area contributed by atoms with Crippen molar-refractivity contribution in [1.29, 1.82) is 0 Å². The number of amides is 1. The van der Waals surface area contributed by atoms with Gasteiger partial charge in [-0.25, -0.2) is 9.38 Å². The van der Waals surface area contributed by atoms with Gasteiger partial charge in [-0.15, -0.1) is 0 Å². The van der Waals surface area contributed by atoms with Gasteiger partial charge in [-0.3, -0.25) is 4.79 Å². The largest absolute Gasteiger partial charge is 0.475 e. The molecule has 1 amide bonds. The lowest BCUT2D eigenvalue weighted by atomic mass is 10.2. The zero-order chi connectivity index (χ0) is 15.4. The summed E-state index contributed by atoms with van der Waals surface area (Å²) in [5, 5.41) is 2.84. The number of nitrogens with zero attached hydrogens (tertiary/aromatic N) is 1. The molecule has 5 heteroatoms. The van der Waals surface area contributed by atoms with Crippen molar-refractivity contribution < 1.29 is 13.9 Å². The van der Waals surface area contributed by atoms with E-state index < -0.39 is 6.04 Å². The van der Waals surface area contributed by atoms with Crippen LogP contribution in [0.25, 0.3) is 0 Å². The zero-order valence-electron chi connectivity index (χ0n) is 11.8. The average molecular weight is 298 g/mol. The number of carbonyl (C=O) groups excluding carboxylic acids is 1. The molecule has 1 atom stereocenters. The van der Waals surface area contributed by atoms with Crippen molar-refractivity contribution in [3.8, 4) is 0 Å². The Morgan fingerprint density at radius 2 is 1.91 bits per heavy atom. The Morgan fingerprint density at radius 3 is 2.64 bits per heavy atom. The van der Waals surface area contributed by atoms with Crippen LogP contribution in [0.1, 0.15) is 11.1 Å². The molecule has 1 heterocycles. The maximum absolute atomic E-state index is 12.9. The quantitative estimate of drug-likeness (QED) is 0.941. The fourth-order valence-corrected chi connectivity index (χ4v) is 2.16. The fraction of sp³-hybridized carbons (Fsp3) is 0.176. The predicted molar refractivity (Wildman–Crippen MR) is 81.0 cm³/mol. The second-order valence-corrected chi connectivity index (χ2v) is 4.97. The van der Waals surface area contributed by atoms with Gasteiger partial charge in [-0.2, -0.15) is 0 Å². The Labute approximate surface area is 127 Å². The molecule has 0 aliphatic carbocycles. The molecule has 3 rings (SSSR count). The van der Waals surface area contributed by atoms with E-state index in [0.717, 1.165) is 5.56 Å². The molecule has 0 spiro atoms. The van der Waals surface area contributed by atoms with Crippen LogP contribution < -0.4 is 5.32 Å². The minimum Gasteiger partial charge on any atom is -0.475 e. The third-order valence-electron chi connectivity index (χ3n) is 3.35. The molecule has 0 radical (unpaired) electrons. The van der Waals surface area contributed by atoms with Gasteiger partial charge >= 0.3 is 0 Å². The lowest BCUT2D eigenvalue weighted by Gasteiger charge is -2.07. The van der Waals surface area contributed by atoms with Gasteiger partial charge in [0.1, 0.15) is 12.4 Å². The summed E-state index contributed by atoms with van der Waals surface area (Å²) in [6.07, 6.45) is 0. The van der Waals surface area contributed by atoms with Crippen LogP contribution in [0.5, 0.6) is 0 Å². The molecule has 2 aromatic carbocycles. The number of hydrogen-bond acceptors (Lipinski definition) is 3. The molecule has 112 valence electrons. The van der Waals surface area contributed by atoms with E-state index in [-0.39, 0.29) is 18.3 Å². The van der Waals surface area contributed by atoms with Crippen LogP contribution >= 0.6 is 0 Å². The van der Waals surface area contributed by atoms with E-state index in [4.69, 9.17) is 4.74 Å². The Kier molecular flexibility index (Phi) is 4.14. The van der Waals surface area contributed by atoms with Gasteiger partial charge < -0.3 is 10.1 Å². The van der Waals surface area contributed by atoms with Crippen LogP contribution in [0.3, 0.4) is 0 Å². The Hall–Kier alpha value is -2.69. The number of benzene rings is 2. The summed E-state index contributed by atoms with van der Waals surface area (Å²) in [4.78, 5) is 16.4. The minimum atomic E-state index is -0.566. The number of halogens is 1. The Bertz CT molecular complexity index is 684. The van der Waals surface area contributed by atoms with Crippen molar-refractivity contribution in [1.82, 2.24) is 5.32 Å². The first kappa shape index (κ1) is 14.3. The highest BCUT2D eigenvalue weighted by molar-refractivity contribution is 5.98. The van der Waals surface area contributed by atoms with Gasteiger partial charge in [-0.05, 0) is 29.8 Å². The SMILES string of the molecule is O=C(NCc1ccccc1)C1COC(c2ccc(F)cc2)=N1. The second kappa shape index (κ2) is 6.39. The highest BCUT2D eigenvalue weighted by atomic mass is 19.1. The molecule has 4 nitrogen and oxygen atoms in total. The highest BCUT2D eigenvalue weighted by Gasteiger charge is 2.26. The van der Waals surface area contributed by atoms with Crippen molar-refractivity contribution in [3.63, 3.8) is 0 Å². The van der Waals surface area contributed by atoms with Crippen molar-refractivity contribution in [2.45, 2.75) is 12.6 Å². The van der Waals surface area contributed by atoms with Gasteiger partial charge in [-0.1, -0.05) is 30.3 Å². The number of carbonyl (C=O) groups is 1. The molecule has 1 N–H and O–H groups in total. The van der Waals surface area contributed by atoms with E-state index in [2.05, 4.69) is 10.3 Å². The lowest BCUT2D eigenvalue weighted by Crippen LogP contribution is -2.33. The van der Waals surface area contributed by atoms with Crippen LogP contribution in [0.2, 0.25) is 0 Å². The molecular formula is C17H15FN2O2. The average Bonchev–Trinajstić information content (AvgIpc) is 3.04. The molecule has 0 bridgehead atoms. The number of ether oxygens (including phenoxy) is 1. The van der Waals surface area contributed by atoms with Crippen LogP contribution in [0.15, 0.2) is 59.6 Å². The van der Waals surface area contributed by atoms with Crippen molar-refractivity contribution in [3.05, 3.63) is 71.5 Å². The third kappa shape index (κ3) is 3.31. The molecule has 0 saturated carbocycles. The summed E-state index contributed by atoms with van der Waals surface area (Å²) in [7, 11) is 0. The first-order chi connectivity index (χ1) is 10.7. The molecule has 0 saturated heterocycles. The van der Waals surface area contributed by atoms with E-state index >= 15 is 0 Å². The maximum atomic E-state index is 12.9. The van der Waals surface area contributed by atoms with Crippen LogP contribution in [0, 0.1) is 5.82 Å². The van der Waals surface area contributed by atoms with Gasteiger partial charge in [0.05, 0.1) is 0 Å². The maximum Gasteiger partial charge on any atom is 0.248 e. The highest BCUT2D eigenvalue weighted by Crippen LogP contribution is 2.13. The van der Waals surface area contributed by atoms with E-state index in [1.165, 1.54) is 12.1 Å². The van der Waals surface area contributed by atoms with Crippen LogP contribution in [-0.2, 0) is 16.1 Å². The second-order valence-electron chi connectivity index (χ2n) is 4.97. The normalized spacial score (nSPS) is 16.8. The van der Waals surface area contributed by atoms with E-state index in [0.29, 0.717) is 18.0 Å². The zero-order valence-corrected chi connectivity index (χ0v) is 11.8. The molecule has 0 fully saturated rings. The predicted octanol–water partition coefficient (Wildman–Crippen LogP) is 2.29. The summed E-state index contributed by atoms with van der Waals surface area (Å²) in [6.45, 7) is 0.658. The molecule has 0 aromatic heterocycles. The monoisotopic (exact) mass is 298 g/mol. The number of aliphatic imine (C=N–C) groups is 1. The Morgan fingerprint density at radius 1 is 1.18 bits per heavy atom. The van der Waals surface area contributed by atoms with Gasteiger partial charge in [0.2, 0.25) is 11.8 Å². The molecule has 1 unspecified atom stereocenters. The van der Waals surface area contributed by atoms with Crippen LogP contribution in [0.4, 0.5) is 4.39 Å².